The molecule has 5 rings (SSSR count). The molecular weight excluding hydrogens is 347 g/mol. The van der Waals surface area contributed by atoms with E-state index in [1.807, 2.05) is 11.4 Å². The molecule has 3 atom stereocenters. The Morgan fingerprint density at radius 1 is 1.19 bits per heavy atom. The van der Waals surface area contributed by atoms with E-state index in [4.69, 9.17) is 0 Å². The Balaban J connectivity index is 1.44. The van der Waals surface area contributed by atoms with Gasteiger partial charge in [0.1, 0.15) is 16.3 Å². The summed E-state index contributed by atoms with van der Waals surface area (Å²) in [5.74, 6) is 1.25. The molecule has 0 radical (unpaired) electrons. The Hall–Kier alpha value is -2.14. The van der Waals surface area contributed by atoms with Gasteiger partial charge < -0.3 is 9.88 Å². The monoisotopic (exact) mass is 368 g/mol. The van der Waals surface area contributed by atoms with Crippen LogP contribution in [-0.2, 0) is 6.54 Å². The number of hydrogen-bond acceptors (Lipinski definition) is 2. The summed E-state index contributed by atoms with van der Waals surface area (Å²) in [5, 5.41) is 6.44. The Kier molecular flexibility index (Phi) is 3.85. The van der Waals surface area contributed by atoms with Crippen molar-refractivity contribution < 1.29 is 9.18 Å². The predicted molar refractivity (Wildman–Crippen MR) is 102 cm³/mol. The molecule has 0 spiro atoms. The largest absolute Gasteiger partial charge is 0.348 e. The molecule has 1 amide bonds. The van der Waals surface area contributed by atoms with Crippen LogP contribution in [0.2, 0.25) is 0 Å². The summed E-state index contributed by atoms with van der Waals surface area (Å²) in [4.78, 5) is 14.1. The van der Waals surface area contributed by atoms with Crippen molar-refractivity contribution in [2.75, 3.05) is 0 Å². The standard InChI is InChI=1S/C21H21FN2OS/c22-17-5-2-13(3-6-17)12-24-19(11-16-7-8-26-21(16)24)20(25)23-18-10-14-1-4-15(18)9-14/h2-3,5-8,11,14-15,18H,1,4,9-10,12H2,(H,23,25)/t14-,15-,18+/m1/s1. The molecule has 0 aliphatic heterocycles. The fourth-order valence-electron chi connectivity index (χ4n) is 4.76. The van der Waals surface area contributed by atoms with Gasteiger partial charge in [0.15, 0.2) is 0 Å². The topological polar surface area (TPSA) is 34.0 Å². The molecule has 134 valence electrons. The van der Waals surface area contributed by atoms with Crippen LogP contribution in [0.4, 0.5) is 4.39 Å². The van der Waals surface area contributed by atoms with Crippen LogP contribution in [0, 0.1) is 17.7 Å². The molecule has 2 aromatic heterocycles. The number of benzene rings is 1. The molecule has 3 nitrogen and oxygen atoms in total. The number of carbonyl (C=O) groups is 1. The first-order chi connectivity index (χ1) is 12.7. The summed E-state index contributed by atoms with van der Waals surface area (Å²) in [6.07, 6.45) is 4.98. The minimum absolute atomic E-state index is 0.0214. The van der Waals surface area contributed by atoms with Gasteiger partial charge in [-0.3, -0.25) is 4.79 Å². The number of amides is 1. The van der Waals surface area contributed by atoms with E-state index in [2.05, 4.69) is 16.0 Å². The lowest BCUT2D eigenvalue weighted by Gasteiger charge is -2.23. The van der Waals surface area contributed by atoms with E-state index in [0.717, 1.165) is 28.1 Å². The summed E-state index contributed by atoms with van der Waals surface area (Å²) in [6.45, 7) is 0.573. The van der Waals surface area contributed by atoms with Crippen molar-refractivity contribution in [3.63, 3.8) is 0 Å². The second-order valence-corrected chi connectivity index (χ2v) is 8.57. The van der Waals surface area contributed by atoms with Crippen molar-refractivity contribution in [1.82, 2.24) is 9.88 Å². The van der Waals surface area contributed by atoms with Crippen LogP contribution < -0.4 is 5.32 Å². The third-order valence-electron chi connectivity index (χ3n) is 6.04. The summed E-state index contributed by atoms with van der Waals surface area (Å²) in [5.41, 5.74) is 1.70. The zero-order chi connectivity index (χ0) is 17.7. The lowest BCUT2D eigenvalue weighted by atomic mass is 9.95. The number of thiophene rings is 1. The van der Waals surface area contributed by atoms with Crippen LogP contribution in [0.1, 0.15) is 41.7 Å². The molecule has 1 N–H and O–H groups in total. The van der Waals surface area contributed by atoms with Crippen molar-refractivity contribution in [2.45, 2.75) is 38.3 Å². The van der Waals surface area contributed by atoms with E-state index in [0.29, 0.717) is 24.2 Å². The Morgan fingerprint density at radius 2 is 2.04 bits per heavy atom. The van der Waals surface area contributed by atoms with Gasteiger partial charge >= 0.3 is 0 Å². The highest BCUT2D eigenvalue weighted by Crippen LogP contribution is 2.44. The van der Waals surface area contributed by atoms with Gasteiger partial charge in [-0.15, -0.1) is 11.3 Å². The van der Waals surface area contributed by atoms with Gasteiger partial charge in [-0.2, -0.15) is 0 Å². The van der Waals surface area contributed by atoms with Crippen LogP contribution >= 0.6 is 11.3 Å². The maximum Gasteiger partial charge on any atom is 0.268 e. The third-order valence-corrected chi connectivity index (χ3v) is 7.00. The van der Waals surface area contributed by atoms with Gasteiger partial charge in [-0.25, -0.2) is 4.39 Å². The van der Waals surface area contributed by atoms with Crippen molar-refractivity contribution in [3.8, 4) is 0 Å². The van der Waals surface area contributed by atoms with E-state index in [9.17, 15) is 9.18 Å². The minimum Gasteiger partial charge on any atom is -0.348 e. The van der Waals surface area contributed by atoms with Gasteiger partial charge in [0.2, 0.25) is 0 Å². The Bertz CT molecular complexity index is 958. The van der Waals surface area contributed by atoms with Crippen LogP contribution in [0.5, 0.6) is 0 Å². The van der Waals surface area contributed by atoms with Crippen molar-refractivity contribution >= 4 is 27.5 Å². The van der Waals surface area contributed by atoms with Crippen molar-refractivity contribution in [1.29, 1.82) is 0 Å². The first-order valence-corrected chi connectivity index (χ1v) is 10.2. The molecule has 2 aliphatic carbocycles. The van der Waals surface area contributed by atoms with E-state index < -0.39 is 0 Å². The smallest absolute Gasteiger partial charge is 0.268 e. The molecule has 2 saturated carbocycles. The van der Waals surface area contributed by atoms with Crippen molar-refractivity contribution in [3.05, 3.63) is 58.9 Å². The average Bonchev–Trinajstić information content (AvgIpc) is 3.39. The first-order valence-electron chi connectivity index (χ1n) is 9.29. The molecule has 5 heteroatoms. The fraction of sp³-hybridized carbons (Fsp3) is 0.381. The van der Waals surface area contributed by atoms with Gasteiger partial charge in [-0.1, -0.05) is 18.6 Å². The third kappa shape index (κ3) is 2.75. The van der Waals surface area contributed by atoms with Crippen molar-refractivity contribution in [2.24, 2.45) is 11.8 Å². The highest BCUT2D eigenvalue weighted by Gasteiger charge is 2.40. The number of nitrogens with one attached hydrogen (secondary N) is 1. The van der Waals surface area contributed by atoms with Crippen LogP contribution in [0.25, 0.3) is 10.2 Å². The Labute approximate surface area is 155 Å². The minimum atomic E-state index is -0.239. The van der Waals surface area contributed by atoms with E-state index in [-0.39, 0.29) is 11.7 Å². The maximum atomic E-state index is 13.2. The lowest BCUT2D eigenvalue weighted by Crippen LogP contribution is -2.39. The number of hydrogen-bond donors (Lipinski definition) is 1. The number of fused-ring (bicyclic) bond motifs is 3. The zero-order valence-electron chi connectivity index (χ0n) is 14.5. The van der Waals surface area contributed by atoms with E-state index in [1.165, 1.54) is 31.4 Å². The van der Waals surface area contributed by atoms with E-state index in [1.54, 1.807) is 23.5 Å². The average molecular weight is 368 g/mol. The summed E-state index contributed by atoms with van der Waals surface area (Å²) in [6, 6.07) is 10.9. The van der Waals surface area contributed by atoms with Gasteiger partial charge in [0.05, 0.1) is 0 Å². The molecule has 1 aromatic carbocycles. The van der Waals surface area contributed by atoms with Crippen LogP contribution in [-0.4, -0.2) is 16.5 Å². The number of nitrogens with zero attached hydrogens (tertiary/aromatic N) is 1. The Morgan fingerprint density at radius 3 is 2.77 bits per heavy atom. The normalized spacial score (nSPS) is 24.4. The van der Waals surface area contributed by atoms with E-state index >= 15 is 0 Å². The molecule has 2 aliphatic rings. The number of halogens is 1. The SMILES string of the molecule is O=C(N[C@H]1C[C@@H]2CC[C@@H]1C2)c1cc2ccsc2n1Cc1ccc(F)cc1. The zero-order valence-corrected chi connectivity index (χ0v) is 15.3. The van der Waals surface area contributed by atoms with Crippen LogP contribution in [0.3, 0.4) is 0 Å². The molecule has 2 heterocycles. The molecule has 2 bridgehead atoms. The molecular formula is C21H21FN2OS. The second-order valence-electron chi connectivity index (χ2n) is 7.68. The second kappa shape index (κ2) is 6.23. The number of carbonyl (C=O) groups excluding carboxylic acids is 1. The predicted octanol–water partition coefficient (Wildman–Crippen LogP) is 4.81. The summed E-state index contributed by atoms with van der Waals surface area (Å²) >= 11 is 1.64. The molecule has 3 aromatic rings. The molecule has 0 unspecified atom stereocenters. The first kappa shape index (κ1) is 16.1. The fourth-order valence-corrected chi connectivity index (χ4v) is 5.65. The molecule has 2 fully saturated rings. The highest BCUT2D eigenvalue weighted by atomic mass is 32.1. The summed E-state index contributed by atoms with van der Waals surface area (Å²) in [7, 11) is 0. The number of rotatable bonds is 4. The lowest BCUT2D eigenvalue weighted by molar-refractivity contribution is 0.0914. The highest BCUT2D eigenvalue weighted by molar-refractivity contribution is 7.16. The van der Waals surface area contributed by atoms with Crippen LogP contribution in [0.15, 0.2) is 41.8 Å². The van der Waals surface area contributed by atoms with Gasteiger partial charge in [0, 0.05) is 18.0 Å². The quantitative estimate of drug-likeness (QED) is 0.705. The molecule has 26 heavy (non-hydrogen) atoms. The summed E-state index contributed by atoms with van der Waals surface area (Å²) < 4.78 is 15.3. The van der Waals surface area contributed by atoms with Gasteiger partial charge in [0.25, 0.3) is 5.91 Å². The van der Waals surface area contributed by atoms with Gasteiger partial charge in [-0.05, 0) is 66.3 Å². The molecule has 0 saturated heterocycles. The maximum absolute atomic E-state index is 13.2. The number of aromatic nitrogens is 1.